The maximum Gasteiger partial charge on any atom is 0.415 e. The van der Waals surface area contributed by atoms with Gasteiger partial charge in [0.2, 0.25) is 0 Å². The van der Waals surface area contributed by atoms with E-state index in [0.29, 0.717) is 23.5 Å². The van der Waals surface area contributed by atoms with E-state index < -0.39 is 24.8 Å². The van der Waals surface area contributed by atoms with Crippen molar-refractivity contribution in [3.05, 3.63) is 47.2 Å². The van der Waals surface area contributed by atoms with Crippen LogP contribution in [-0.2, 0) is 11.3 Å². The van der Waals surface area contributed by atoms with Gasteiger partial charge in [0.15, 0.2) is 11.1 Å². The summed E-state index contributed by atoms with van der Waals surface area (Å²) < 4.78 is 70.0. The van der Waals surface area contributed by atoms with Gasteiger partial charge in [0.1, 0.15) is 0 Å². The zero-order chi connectivity index (χ0) is 21.5. The lowest BCUT2D eigenvalue weighted by Crippen LogP contribution is -2.51. The second-order valence-electron chi connectivity index (χ2n) is 7.24. The number of thiazole rings is 1. The highest BCUT2D eigenvalue weighted by atomic mass is 32.1. The standard InChI is InChI=1S/C20H18F5N3OS/c1-11-8-28(10-17(29-11)20(23,24)25)9-12-2-3-13-14(4-5-26-15(13)6-12)16-7-27-19(30-16)18(21)22/h2-7,11,17-18H,8-10H2,1H3/t11-,17-/m1/s1. The number of benzene rings is 1. The van der Waals surface area contributed by atoms with Crippen molar-refractivity contribution in [1.29, 1.82) is 0 Å². The predicted octanol–water partition coefficient (Wildman–Crippen LogP) is 5.45. The largest absolute Gasteiger partial charge is 0.415 e. The van der Waals surface area contributed by atoms with Gasteiger partial charge < -0.3 is 4.74 Å². The maximum atomic E-state index is 13.1. The molecule has 2 atom stereocenters. The fourth-order valence-corrected chi connectivity index (χ4v) is 4.44. The Morgan fingerprint density at radius 2 is 2.00 bits per heavy atom. The Bertz CT molecular complexity index is 1040. The number of hydrogen-bond donors (Lipinski definition) is 0. The lowest BCUT2D eigenvalue weighted by Gasteiger charge is -2.37. The molecule has 1 aromatic carbocycles. The summed E-state index contributed by atoms with van der Waals surface area (Å²) in [6.07, 6.45) is -6.35. The van der Waals surface area contributed by atoms with E-state index in [-0.39, 0.29) is 11.6 Å². The van der Waals surface area contributed by atoms with Crippen LogP contribution in [0.15, 0.2) is 36.7 Å². The summed E-state index contributed by atoms with van der Waals surface area (Å²) in [6, 6.07) is 7.20. The average Bonchev–Trinajstić information content (AvgIpc) is 3.16. The summed E-state index contributed by atoms with van der Waals surface area (Å²) in [4.78, 5) is 10.4. The van der Waals surface area contributed by atoms with Gasteiger partial charge in [-0.15, -0.1) is 11.3 Å². The number of rotatable bonds is 4. The van der Waals surface area contributed by atoms with Gasteiger partial charge in [0.05, 0.1) is 16.5 Å². The molecule has 30 heavy (non-hydrogen) atoms. The molecule has 0 radical (unpaired) electrons. The van der Waals surface area contributed by atoms with E-state index in [4.69, 9.17) is 4.74 Å². The second-order valence-corrected chi connectivity index (χ2v) is 8.31. The van der Waals surface area contributed by atoms with E-state index in [1.54, 1.807) is 24.1 Å². The molecule has 1 fully saturated rings. The summed E-state index contributed by atoms with van der Waals surface area (Å²) >= 11 is 0.927. The molecule has 3 aromatic rings. The summed E-state index contributed by atoms with van der Waals surface area (Å²) in [6.45, 7) is 2.13. The lowest BCUT2D eigenvalue weighted by molar-refractivity contribution is -0.252. The van der Waals surface area contributed by atoms with Gasteiger partial charge in [-0.2, -0.15) is 13.2 Å². The van der Waals surface area contributed by atoms with Gasteiger partial charge in [0, 0.05) is 43.0 Å². The zero-order valence-corrected chi connectivity index (χ0v) is 16.7. The number of fused-ring (bicyclic) bond motifs is 1. The highest BCUT2D eigenvalue weighted by molar-refractivity contribution is 7.15. The maximum absolute atomic E-state index is 13.1. The number of hydrogen-bond acceptors (Lipinski definition) is 5. The molecular formula is C20H18F5N3OS. The Balaban J connectivity index is 1.58. The molecule has 4 rings (SSSR count). The average molecular weight is 443 g/mol. The van der Waals surface area contributed by atoms with Gasteiger partial charge in [0.25, 0.3) is 6.43 Å². The summed E-state index contributed by atoms with van der Waals surface area (Å²) in [5.74, 6) is 0. The number of alkyl halides is 5. The van der Waals surface area contributed by atoms with Gasteiger partial charge >= 0.3 is 6.18 Å². The summed E-state index contributed by atoms with van der Waals surface area (Å²) in [5.41, 5.74) is 2.21. The molecular weight excluding hydrogens is 425 g/mol. The van der Waals surface area contributed by atoms with Crippen LogP contribution in [0, 0.1) is 0 Å². The van der Waals surface area contributed by atoms with Crippen molar-refractivity contribution in [3.63, 3.8) is 0 Å². The summed E-state index contributed by atoms with van der Waals surface area (Å²) in [7, 11) is 0. The highest BCUT2D eigenvalue weighted by Crippen LogP contribution is 2.35. The minimum Gasteiger partial charge on any atom is -0.363 e. The normalized spacial score (nSPS) is 20.9. The number of morpholine rings is 1. The molecule has 0 N–H and O–H groups in total. The van der Waals surface area contributed by atoms with Crippen molar-refractivity contribution in [2.75, 3.05) is 13.1 Å². The summed E-state index contributed by atoms with van der Waals surface area (Å²) in [5, 5.41) is 0.529. The molecule has 1 saturated heterocycles. The number of ether oxygens (including phenoxy) is 1. The van der Waals surface area contributed by atoms with E-state index in [1.807, 2.05) is 18.2 Å². The quantitative estimate of drug-likeness (QED) is 0.503. The van der Waals surface area contributed by atoms with Crippen molar-refractivity contribution < 1.29 is 26.7 Å². The lowest BCUT2D eigenvalue weighted by atomic mass is 10.0. The topological polar surface area (TPSA) is 38.2 Å². The van der Waals surface area contributed by atoms with Gasteiger partial charge in [-0.05, 0) is 24.6 Å². The molecule has 2 aromatic heterocycles. The third-order valence-corrected chi connectivity index (χ3v) is 5.93. The zero-order valence-electron chi connectivity index (χ0n) is 15.9. The molecule has 0 saturated carbocycles. The van der Waals surface area contributed by atoms with Crippen LogP contribution >= 0.6 is 11.3 Å². The fourth-order valence-electron chi connectivity index (χ4n) is 3.63. The minimum atomic E-state index is -4.40. The molecule has 1 aliphatic heterocycles. The first kappa shape index (κ1) is 21.1. The molecule has 1 aliphatic rings. The number of nitrogens with zero attached hydrogens (tertiary/aromatic N) is 3. The van der Waals surface area contributed by atoms with Crippen LogP contribution in [0.25, 0.3) is 21.3 Å². The molecule has 0 aliphatic carbocycles. The van der Waals surface area contributed by atoms with E-state index in [9.17, 15) is 22.0 Å². The van der Waals surface area contributed by atoms with Crippen LogP contribution in [0.5, 0.6) is 0 Å². The van der Waals surface area contributed by atoms with Crippen molar-refractivity contribution >= 4 is 22.2 Å². The highest BCUT2D eigenvalue weighted by Gasteiger charge is 2.44. The monoisotopic (exact) mass is 443 g/mol. The van der Waals surface area contributed by atoms with E-state index in [2.05, 4.69) is 9.97 Å². The molecule has 10 heteroatoms. The van der Waals surface area contributed by atoms with Crippen LogP contribution in [0.3, 0.4) is 0 Å². The first-order valence-corrected chi connectivity index (χ1v) is 10.1. The van der Waals surface area contributed by atoms with Gasteiger partial charge in [-0.25, -0.2) is 13.8 Å². The Morgan fingerprint density at radius 3 is 2.70 bits per heavy atom. The second kappa shape index (κ2) is 8.16. The Hall–Kier alpha value is -2.17. The van der Waals surface area contributed by atoms with E-state index >= 15 is 0 Å². The minimum absolute atomic E-state index is 0.226. The van der Waals surface area contributed by atoms with Crippen LogP contribution in [0.1, 0.15) is 23.9 Å². The van der Waals surface area contributed by atoms with Gasteiger partial charge in [-0.1, -0.05) is 12.1 Å². The van der Waals surface area contributed by atoms with Crippen LogP contribution in [0.4, 0.5) is 22.0 Å². The molecule has 3 heterocycles. The number of pyridine rings is 1. The first-order chi connectivity index (χ1) is 14.2. The van der Waals surface area contributed by atoms with Crippen LogP contribution in [0.2, 0.25) is 0 Å². The Kier molecular flexibility index (Phi) is 5.73. The number of aromatic nitrogens is 2. The molecule has 0 spiro atoms. The van der Waals surface area contributed by atoms with Crippen molar-refractivity contribution in [2.45, 2.75) is 38.3 Å². The molecule has 160 valence electrons. The third-order valence-electron chi connectivity index (χ3n) is 4.89. The molecule has 4 nitrogen and oxygen atoms in total. The van der Waals surface area contributed by atoms with Crippen molar-refractivity contribution in [2.24, 2.45) is 0 Å². The molecule has 0 bridgehead atoms. The predicted molar refractivity (Wildman–Crippen MR) is 103 cm³/mol. The third kappa shape index (κ3) is 4.45. The van der Waals surface area contributed by atoms with Crippen LogP contribution in [-0.4, -0.2) is 46.3 Å². The van der Waals surface area contributed by atoms with E-state index in [0.717, 1.165) is 27.8 Å². The van der Waals surface area contributed by atoms with E-state index in [1.165, 1.54) is 6.20 Å². The molecule has 0 amide bonds. The first-order valence-electron chi connectivity index (χ1n) is 9.27. The van der Waals surface area contributed by atoms with Gasteiger partial charge in [-0.3, -0.25) is 9.88 Å². The van der Waals surface area contributed by atoms with Crippen LogP contribution < -0.4 is 0 Å². The number of halogens is 5. The van der Waals surface area contributed by atoms with Crippen molar-refractivity contribution in [3.8, 4) is 10.4 Å². The Labute approximate surface area is 173 Å². The SMILES string of the molecule is C[C@@H]1CN(Cc2ccc3c(-c4cnc(C(F)F)s4)ccnc3c2)C[C@H](C(F)(F)F)O1. The fraction of sp³-hybridized carbons (Fsp3) is 0.400. The van der Waals surface area contributed by atoms with Crippen molar-refractivity contribution in [1.82, 2.24) is 14.9 Å². The smallest absolute Gasteiger partial charge is 0.363 e. The molecule has 0 unspecified atom stereocenters. The Morgan fingerprint density at radius 1 is 1.20 bits per heavy atom.